The van der Waals surface area contributed by atoms with Crippen LogP contribution in [0.4, 0.5) is 14.5 Å². The number of anilines is 1. The largest absolute Gasteiger partial charge is 0.381 e. The maximum Gasteiger partial charge on any atom is 0.242 e. The van der Waals surface area contributed by atoms with E-state index in [-0.39, 0.29) is 28.9 Å². The Balaban J connectivity index is 1.40. The van der Waals surface area contributed by atoms with E-state index >= 15 is 0 Å². The Labute approximate surface area is 195 Å². The van der Waals surface area contributed by atoms with Crippen molar-refractivity contribution in [2.75, 3.05) is 24.7 Å². The van der Waals surface area contributed by atoms with Crippen molar-refractivity contribution in [2.45, 2.75) is 44.7 Å². The van der Waals surface area contributed by atoms with Crippen molar-refractivity contribution in [3.05, 3.63) is 63.8 Å². The van der Waals surface area contributed by atoms with Crippen molar-refractivity contribution in [1.82, 2.24) is 10.3 Å². The Morgan fingerprint density at radius 1 is 1.12 bits per heavy atom. The highest BCUT2D eigenvalue weighted by atomic mass is 19.1. The molecule has 0 radical (unpaired) electrons. The molecule has 34 heavy (non-hydrogen) atoms. The molecule has 2 aliphatic rings. The van der Waals surface area contributed by atoms with Crippen molar-refractivity contribution in [3.63, 3.8) is 0 Å². The van der Waals surface area contributed by atoms with Gasteiger partial charge in [0, 0.05) is 43.1 Å². The molecule has 178 valence electrons. The number of nitrogens with one attached hydrogen (secondary N) is 2. The molecule has 5 rings (SSSR count). The zero-order valence-electron chi connectivity index (χ0n) is 19.0. The average Bonchev–Trinajstić information content (AvgIpc) is 3.32. The maximum absolute atomic E-state index is 14.2. The summed E-state index contributed by atoms with van der Waals surface area (Å²) in [5, 5.41) is 3.03. The predicted molar refractivity (Wildman–Crippen MR) is 127 cm³/mol. The summed E-state index contributed by atoms with van der Waals surface area (Å²) >= 11 is 0. The minimum absolute atomic E-state index is 0.0484. The van der Waals surface area contributed by atoms with E-state index < -0.39 is 17.1 Å². The Bertz CT molecular complexity index is 1280. The number of benzene rings is 2. The van der Waals surface area contributed by atoms with Gasteiger partial charge in [0.1, 0.15) is 17.7 Å². The zero-order valence-corrected chi connectivity index (χ0v) is 19.0. The van der Waals surface area contributed by atoms with Crippen molar-refractivity contribution in [3.8, 4) is 11.3 Å². The van der Waals surface area contributed by atoms with E-state index in [2.05, 4.69) is 15.2 Å². The fourth-order valence-electron chi connectivity index (χ4n) is 5.03. The highest BCUT2D eigenvalue weighted by molar-refractivity contribution is 5.87. The summed E-state index contributed by atoms with van der Waals surface area (Å²) in [6, 6.07) is 9.35. The molecule has 0 spiro atoms. The molecule has 2 saturated heterocycles. The molecule has 2 aliphatic heterocycles. The van der Waals surface area contributed by atoms with Gasteiger partial charge in [0.2, 0.25) is 5.91 Å². The number of hydrogen-bond acceptors (Lipinski definition) is 4. The number of ether oxygens (including phenoxy) is 1. The van der Waals surface area contributed by atoms with Crippen LogP contribution in [0.15, 0.2) is 41.2 Å². The molecule has 0 bridgehead atoms. The monoisotopic (exact) mass is 467 g/mol. The van der Waals surface area contributed by atoms with E-state index in [4.69, 9.17) is 4.74 Å². The molecule has 0 unspecified atom stereocenters. The number of aromatic amines is 1. The highest BCUT2D eigenvalue weighted by Gasteiger charge is 2.32. The van der Waals surface area contributed by atoms with Crippen LogP contribution in [0.3, 0.4) is 0 Å². The third kappa shape index (κ3) is 4.18. The predicted octanol–water partition coefficient (Wildman–Crippen LogP) is 4.05. The number of aromatic nitrogens is 1. The number of carbonyl (C=O) groups is 1. The lowest BCUT2D eigenvalue weighted by molar-refractivity contribution is -0.123. The van der Waals surface area contributed by atoms with Crippen molar-refractivity contribution < 1.29 is 18.3 Å². The summed E-state index contributed by atoms with van der Waals surface area (Å²) in [6.07, 6.45) is 3.40. The molecule has 0 saturated carbocycles. The number of carbonyl (C=O) groups excluding carboxylic acids is 1. The van der Waals surface area contributed by atoms with Crippen LogP contribution in [0.5, 0.6) is 0 Å². The van der Waals surface area contributed by atoms with Crippen molar-refractivity contribution in [1.29, 1.82) is 0 Å². The molecular formula is C26H27F2N3O3. The summed E-state index contributed by atoms with van der Waals surface area (Å²) in [5.74, 6) is -1.57. The first kappa shape index (κ1) is 22.5. The Morgan fingerprint density at radius 2 is 1.85 bits per heavy atom. The van der Waals surface area contributed by atoms with Crippen LogP contribution in [0, 0.1) is 18.6 Å². The molecule has 6 nitrogen and oxygen atoms in total. The summed E-state index contributed by atoms with van der Waals surface area (Å²) in [6.45, 7) is 3.77. The molecule has 2 N–H and O–H groups in total. The van der Waals surface area contributed by atoms with E-state index in [1.807, 2.05) is 24.3 Å². The average molecular weight is 468 g/mol. The molecule has 2 aromatic carbocycles. The van der Waals surface area contributed by atoms with Crippen LogP contribution < -0.4 is 15.6 Å². The van der Waals surface area contributed by atoms with Crippen LogP contribution in [0.1, 0.15) is 31.2 Å². The van der Waals surface area contributed by atoms with Gasteiger partial charge in [-0.05, 0) is 56.4 Å². The third-order valence-corrected chi connectivity index (χ3v) is 6.87. The molecular weight excluding hydrogens is 440 g/mol. The van der Waals surface area contributed by atoms with Gasteiger partial charge in [-0.15, -0.1) is 0 Å². The van der Waals surface area contributed by atoms with Crippen LogP contribution in [-0.2, 0) is 9.53 Å². The van der Waals surface area contributed by atoms with Gasteiger partial charge in [-0.25, -0.2) is 8.78 Å². The summed E-state index contributed by atoms with van der Waals surface area (Å²) in [5.41, 5.74) is 2.19. The zero-order chi connectivity index (χ0) is 23.8. The molecule has 1 aromatic heterocycles. The standard InChI is InChI=1S/C26H27F2N3O3/c1-15-24(30-21-14-17(27)13-20(28)23(21)25(15)32)16-4-6-19(7-5-16)31-10-2-3-22(31)26(33)29-18-8-11-34-12-9-18/h4-7,13-14,18,22H,2-3,8-12H2,1H3,(H,29,33)(H,30,32)/t22-/m1/s1. The molecule has 1 atom stereocenters. The number of halogens is 2. The Kier molecular flexibility index (Phi) is 6.08. The second-order valence-corrected chi connectivity index (χ2v) is 9.06. The molecule has 8 heteroatoms. The minimum atomic E-state index is -0.875. The van der Waals surface area contributed by atoms with Crippen LogP contribution in [0.2, 0.25) is 0 Å². The SMILES string of the molecule is Cc1c(-c2ccc(N3CCC[C@@H]3C(=O)NC3CCOCC3)cc2)[nH]c2cc(F)cc(F)c2c1=O. The van der Waals surface area contributed by atoms with Crippen LogP contribution >= 0.6 is 0 Å². The minimum Gasteiger partial charge on any atom is -0.381 e. The topological polar surface area (TPSA) is 74.4 Å². The number of rotatable bonds is 4. The lowest BCUT2D eigenvalue weighted by Gasteiger charge is -2.29. The number of nitrogens with zero attached hydrogens (tertiary/aromatic N) is 1. The van der Waals surface area contributed by atoms with Gasteiger partial charge in [-0.3, -0.25) is 9.59 Å². The second kappa shape index (κ2) is 9.18. The van der Waals surface area contributed by atoms with Gasteiger partial charge in [0.15, 0.2) is 5.43 Å². The van der Waals surface area contributed by atoms with Gasteiger partial charge in [-0.1, -0.05) is 12.1 Å². The maximum atomic E-state index is 14.2. The second-order valence-electron chi connectivity index (χ2n) is 9.06. The normalized spacial score (nSPS) is 19.0. The Morgan fingerprint density at radius 3 is 2.59 bits per heavy atom. The molecule has 3 aromatic rings. The quantitative estimate of drug-likeness (QED) is 0.607. The van der Waals surface area contributed by atoms with Gasteiger partial charge in [-0.2, -0.15) is 0 Å². The number of hydrogen-bond donors (Lipinski definition) is 2. The molecule has 2 fully saturated rings. The first-order valence-electron chi connectivity index (χ1n) is 11.7. The lowest BCUT2D eigenvalue weighted by Crippen LogP contribution is -2.48. The van der Waals surface area contributed by atoms with Crippen molar-refractivity contribution in [2.24, 2.45) is 0 Å². The number of pyridine rings is 1. The van der Waals surface area contributed by atoms with E-state index in [0.29, 0.717) is 24.5 Å². The summed E-state index contributed by atoms with van der Waals surface area (Å²) in [7, 11) is 0. The third-order valence-electron chi connectivity index (χ3n) is 6.87. The number of amides is 1. The van der Waals surface area contributed by atoms with Gasteiger partial charge in [0.05, 0.1) is 16.6 Å². The first-order chi connectivity index (χ1) is 16.4. The van der Waals surface area contributed by atoms with E-state index in [9.17, 15) is 18.4 Å². The number of H-pyrrole nitrogens is 1. The first-order valence-corrected chi connectivity index (χ1v) is 11.7. The summed E-state index contributed by atoms with van der Waals surface area (Å²) < 4.78 is 33.3. The highest BCUT2D eigenvalue weighted by Crippen LogP contribution is 2.30. The molecule has 0 aliphatic carbocycles. The number of fused-ring (bicyclic) bond motifs is 1. The smallest absolute Gasteiger partial charge is 0.242 e. The van der Waals surface area contributed by atoms with Gasteiger partial charge in [0.25, 0.3) is 0 Å². The van der Waals surface area contributed by atoms with E-state index in [1.54, 1.807) is 6.92 Å². The van der Waals surface area contributed by atoms with E-state index in [0.717, 1.165) is 55.6 Å². The molecule has 1 amide bonds. The summed E-state index contributed by atoms with van der Waals surface area (Å²) in [4.78, 5) is 30.9. The fourth-order valence-corrected chi connectivity index (χ4v) is 5.03. The Hall–Kier alpha value is -3.26. The molecule has 3 heterocycles. The van der Waals surface area contributed by atoms with Crippen LogP contribution in [0.25, 0.3) is 22.2 Å². The van der Waals surface area contributed by atoms with E-state index in [1.165, 1.54) is 0 Å². The van der Waals surface area contributed by atoms with Gasteiger partial charge >= 0.3 is 0 Å². The van der Waals surface area contributed by atoms with Gasteiger partial charge < -0.3 is 19.9 Å². The van der Waals surface area contributed by atoms with Crippen LogP contribution in [-0.4, -0.2) is 42.7 Å². The van der Waals surface area contributed by atoms with Crippen molar-refractivity contribution >= 4 is 22.5 Å². The fraction of sp³-hybridized carbons (Fsp3) is 0.385. The lowest BCUT2D eigenvalue weighted by atomic mass is 10.0.